The summed E-state index contributed by atoms with van der Waals surface area (Å²) in [5.41, 5.74) is 0. The fourth-order valence-electron chi connectivity index (χ4n) is 0.470. The summed E-state index contributed by atoms with van der Waals surface area (Å²) in [4.78, 5) is 0. The van der Waals surface area contributed by atoms with Crippen molar-refractivity contribution in [1.29, 1.82) is 0 Å². The van der Waals surface area contributed by atoms with E-state index < -0.39 is 0 Å². The van der Waals surface area contributed by atoms with E-state index in [1.807, 2.05) is 42.5 Å². The van der Waals surface area contributed by atoms with Crippen LogP contribution in [0.5, 0.6) is 0 Å². The molecule has 0 fully saturated rings. The molecule has 0 aromatic carbocycles. The van der Waals surface area contributed by atoms with Crippen LogP contribution in [-0.4, -0.2) is 0 Å². The number of allylic oxidation sites excluding steroid dienone is 8. The van der Waals surface area contributed by atoms with Gasteiger partial charge in [-0.3, -0.25) is 0 Å². The van der Waals surface area contributed by atoms with Gasteiger partial charge in [-0.05, 0) is 0 Å². The molecular formula is C8H7Ni-. The maximum absolute atomic E-state index is 2.94. The maximum Gasteiger partial charge on any atom is 0 e. The van der Waals surface area contributed by atoms with Gasteiger partial charge >= 0.3 is 0 Å². The molecule has 0 bridgehead atoms. The zero-order valence-corrected chi connectivity index (χ0v) is 5.85. The van der Waals surface area contributed by atoms with Gasteiger partial charge in [0, 0.05) is 16.5 Å². The van der Waals surface area contributed by atoms with Gasteiger partial charge in [0.15, 0.2) is 0 Å². The maximum atomic E-state index is 2.94. The third kappa shape index (κ3) is 3.99. The van der Waals surface area contributed by atoms with Crippen LogP contribution in [0.25, 0.3) is 0 Å². The van der Waals surface area contributed by atoms with Gasteiger partial charge in [-0.15, -0.1) is 12.2 Å². The summed E-state index contributed by atoms with van der Waals surface area (Å²) in [6.45, 7) is 0. The van der Waals surface area contributed by atoms with E-state index in [2.05, 4.69) is 6.08 Å². The average molecular weight is 162 g/mol. The van der Waals surface area contributed by atoms with Crippen molar-refractivity contribution >= 4 is 0 Å². The van der Waals surface area contributed by atoms with E-state index in [4.69, 9.17) is 0 Å². The summed E-state index contributed by atoms with van der Waals surface area (Å²) in [5, 5.41) is 0. The molecule has 0 radical (unpaired) electrons. The molecule has 0 unspecified atom stereocenters. The van der Waals surface area contributed by atoms with Crippen molar-refractivity contribution in [2.24, 2.45) is 0 Å². The van der Waals surface area contributed by atoms with Crippen molar-refractivity contribution in [2.75, 3.05) is 0 Å². The Morgan fingerprint density at radius 1 is 0.778 bits per heavy atom. The molecule has 1 aliphatic carbocycles. The van der Waals surface area contributed by atoms with E-state index in [1.54, 1.807) is 0 Å². The predicted octanol–water partition coefficient (Wildman–Crippen LogP) is 2.03. The normalized spacial score (nSPS) is 14.2. The average Bonchev–Trinajstić information content (AvgIpc) is 1.62. The summed E-state index contributed by atoms with van der Waals surface area (Å²) in [6.07, 6.45) is 16.5. The van der Waals surface area contributed by atoms with E-state index >= 15 is 0 Å². The van der Waals surface area contributed by atoms with E-state index in [-0.39, 0.29) is 16.5 Å². The van der Waals surface area contributed by atoms with Gasteiger partial charge < -0.3 is 0 Å². The zero-order valence-electron chi connectivity index (χ0n) is 4.86. The summed E-state index contributed by atoms with van der Waals surface area (Å²) in [7, 11) is 0. The van der Waals surface area contributed by atoms with Gasteiger partial charge in [0.05, 0.1) is 0 Å². The van der Waals surface area contributed by atoms with Gasteiger partial charge in [0.25, 0.3) is 0 Å². The third-order valence-electron chi connectivity index (χ3n) is 0.829. The molecule has 1 aliphatic rings. The summed E-state index contributed by atoms with van der Waals surface area (Å²) in [6, 6.07) is 0. The smallest absolute Gasteiger partial charge is 0 e. The van der Waals surface area contributed by atoms with Crippen LogP contribution in [0.4, 0.5) is 0 Å². The predicted molar refractivity (Wildman–Crippen MR) is 35.2 cm³/mol. The van der Waals surface area contributed by atoms with Crippen LogP contribution in [0.1, 0.15) is 0 Å². The summed E-state index contributed by atoms with van der Waals surface area (Å²) in [5.74, 6) is 0. The van der Waals surface area contributed by atoms with Crippen LogP contribution in [0.15, 0.2) is 42.5 Å². The molecule has 0 atom stereocenters. The van der Waals surface area contributed by atoms with Crippen LogP contribution in [0.2, 0.25) is 0 Å². The van der Waals surface area contributed by atoms with Crippen molar-refractivity contribution in [1.82, 2.24) is 0 Å². The van der Waals surface area contributed by atoms with Crippen LogP contribution < -0.4 is 0 Å². The minimum atomic E-state index is 0. The van der Waals surface area contributed by atoms with Crippen LogP contribution in [-0.2, 0) is 16.5 Å². The Kier molecular flexibility index (Phi) is 5.25. The van der Waals surface area contributed by atoms with E-state index in [9.17, 15) is 0 Å². The number of hydrogen-bond donors (Lipinski definition) is 0. The molecule has 50 valence electrons. The second kappa shape index (κ2) is 5.59. The van der Waals surface area contributed by atoms with Gasteiger partial charge in [0.2, 0.25) is 0 Å². The molecule has 0 N–H and O–H groups in total. The second-order valence-corrected chi connectivity index (χ2v) is 1.46. The van der Waals surface area contributed by atoms with Gasteiger partial charge in [0.1, 0.15) is 0 Å². The number of rotatable bonds is 0. The Labute approximate surface area is 65.6 Å². The molecule has 0 nitrogen and oxygen atoms in total. The molecular weight excluding hydrogens is 155 g/mol. The minimum absolute atomic E-state index is 0. The van der Waals surface area contributed by atoms with Crippen LogP contribution in [0, 0.1) is 6.08 Å². The van der Waals surface area contributed by atoms with Crippen LogP contribution >= 0.6 is 0 Å². The topological polar surface area (TPSA) is 0 Å². The Bertz CT molecular complexity index is 105. The molecule has 0 aromatic heterocycles. The first-order chi connectivity index (χ1) is 4.00. The number of hydrogen-bond acceptors (Lipinski definition) is 0. The van der Waals surface area contributed by atoms with E-state index in [1.165, 1.54) is 0 Å². The molecule has 9 heavy (non-hydrogen) atoms. The third-order valence-corrected chi connectivity index (χ3v) is 0.829. The quantitative estimate of drug-likeness (QED) is 0.377. The van der Waals surface area contributed by atoms with Crippen molar-refractivity contribution in [3.63, 3.8) is 0 Å². The first kappa shape index (κ1) is 8.45. The zero-order chi connectivity index (χ0) is 5.66. The second-order valence-electron chi connectivity index (χ2n) is 1.46. The van der Waals surface area contributed by atoms with Crippen molar-refractivity contribution in [3.05, 3.63) is 48.6 Å². The fourth-order valence-corrected chi connectivity index (χ4v) is 0.470. The molecule has 0 saturated heterocycles. The minimum Gasteiger partial charge on any atom is -0.184 e. The summed E-state index contributed by atoms with van der Waals surface area (Å²) >= 11 is 0. The molecule has 0 aliphatic heterocycles. The fraction of sp³-hybridized carbons (Fsp3) is 0. The van der Waals surface area contributed by atoms with Gasteiger partial charge in [-0.1, -0.05) is 6.08 Å². The first-order valence-corrected chi connectivity index (χ1v) is 2.58. The van der Waals surface area contributed by atoms with E-state index in [0.717, 1.165) is 0 Å². The largest absolute Gasteiger partial charge is 0.184 e. The van der Waals surface area contributed by atoms with Crippen molar-refractivity contribution in [3.8, 4) is 0 Å². The molecule has 0 amide bonds. The Balaban J connectivity index is 0.000000640. The molecule has 0 aromatic rings. The van der Waals surface area contributed by atoms with Crippen molar-refractivity contribution in [2.45, 2.75) is 0 Å². The van der Waals surface area contributed by atoms with Gasteiger partial charge in [-0.25, -0.2) is 0 Å². The molecule has 1 heteroatoms. The van der Waals surface area contributed by atoms with Gasteiger partial charge in [-0.2, -0.15) is 30.4 Å². The molecule has 0 saturated carbocycles. The summed E-state index contributed by atoms with van der Waals surface area (Å²) < 4.78 is 0. The van der Waals surface area contributed by atoms with Crippen LogP contribution in [0.3, 0.4) is 0 Å². The molecule has 0 heterocycles. The Hall–Kier alpha value is -0.546. The monoisotopic (exact) mass is 161 g/mol. The molecule has 0 spiro atoms. The van der Waals surface area contributed by atoms with Crippen molar-refractivity contribution < 1.29 is 16.5 Å². The Morgan fingerprint density at radius 3 is 2.33 bits per heavy atom. The standard InChI is InChI=1S/C8H7.Ni/c1-2-4-6-8-7-5-3-1;/h1-7H;/q-1;. The molecule has 1 rings (SSSR count). The van der Waals surface area contributed by atoms with E-state index in [0.29, 0.717) is 0 Å². The SMILES string of the molecule is [C-]1=CC=CC=CC=C1.[Ni]. The Morgan fingerprint density at radius 2 is 1.44 bits per heavy atom. The first-order valence-electron chi connectivity index (χ1n) is 2.58.